The maximum absolute atomic E-state index is 11.9. The number of carbonyl (C=O) groups excluding carboxylic acids is 1. The molecule has 1 aromatic heterocycles. The van der Waals surface area contributed by atoms with E-state index in [2.05, 4.69) is 41.5 Å². The van der Waals surface area contributed by atoms with Crippen molar-refractivity contribution >= 4 is 39.8 Å². The van der Waals surface area contributed by atoms with Crippen LogP contribution in [0.4, 0.5) is 10.8 Å². The van der Waals surface area contributed by atoms with Gasteiger partial charge in [-0.15, -0.1) is 10.2 Å². The summed E-state index contributed by atoms with van der Waals surface area (Å²) in [5, 5.41) is 12.1. The molecule has 0 saturated carbocycles. The molecule has 2 rings (SSSR count). The fourth-order valence-corrected chi connectivity index (χ4v) is 4.01. The van der Waals surface area contributed by atoms with E-state index in [4.69, 9.17) is 0 Å². The Labute approximate surface area is 145 Å². The Morgan fingerprint density at radius 1 is 1.17 bits per heavy atom. The molecular weight excluding hydrogens is 328 g/mol. The lowest BCUT2D eigenvalue weighted by Crippen LogP contribution is -2.29. The minimum Gasteiger partial charge on any atom is -0.348 e. The van der Waals surface area contributed by atoms with Gasteiger partial charge < -0.3 is 10.2 Å². The van der Waals surface area contributed by atoms with E-state index in [-0.39, 0.29) is 11.2 Å². The number of amides is 1. The summed E-state index contributed by atoms with van der Waals surface area (Å²) < 4.78 is 0.786. The molecule has 0 aliphatic rings. The quantitative estimate of drug-likeness (QED) is 0.799. The van der Waals surface area contributed by atoms with Crippen molar-refractivity contribution in [2.24, 2.45) is 0 Å². The minimum atomic E-state index is -0.170. The van der Waals surface area contributed by atoms with E-state index in [0.717, 1.165) is 15.2 Å². The monoisotopic (exact) mass is 350 g/mol. The van der Waals surface area contributed by atoms with Gasteiger partial charge in [0.1, 0.15) is 0 Å². The smallest absolute Gasteiger partial charge is 0.235 e. The highest BCUT2D eigenvalue weighted by Gasteiger charge is 2.18. The van der Waals surface area contributed by atoms with Crippen molar-refractivity contribution in [3.05, 3.63) is 29.8 Å². The number of anilines is 2. The summed E-state index contributed by atoms with van der Waals surface area (Å²) in [6, 6.07) is 8.31. The molecule has 0 unspecified atom stereocenters. The van der Waals surface area contributed by atoms with E-state index in [0.29, 0.717) is 5.92 Å². The second kappa shape index (κ2) is 7.79. The van der Waals surface area contributed by atoms with Crippen molar-refractivity contribution < 1.29 is 4.79 Å². The number of rotatable bonds is 6. The van der Waals surface area contributed by atoms with Crippen LogP contribution in [0.15, 0.2) is 28.6 Å². The van der Waals surface area contributed by atoms with Crippen molar-refractivity contribution in [3.8, 4) is 0 Å². The summed E-state index contributed by atoms with van der Waals surface area (Å²) in [5.41, 5.74) is 2.29. The molecule has 0 aliphatic carbocycles. The van der Waals surface area contributed by atoms with Gasteiger partial charge in [-0.05, 0) is 30.5 Å². The van der Waals surface area contributed by atoms with Crippen molar-refractivity contribution in [2.45, 2.75) is 36.3 Å². The molecular formula is C16H22N4OS2. The van der Waals surface area contributed by atoms with Gasteiger partial charge in [-0.2, -0.15) is 0 Å². The maximum Gasteiger partial charge on any atom is 0.235 e. The predicted octanol–water partition coefficient (Wildman–Crippen LogP) is 3.97. The number of nitrogens with zero attached hydrogens (tertiary/aromatic N) is 3. The number of thioether (sulfide) groups is 1. The average molecular weight is 351 g/mol. The summed E-state index contributed by atoms with van der Waals surface area (Å²) in [7, 11) is 3.51. The Morgan fingerprint density at radius 3 is 2.39 bits per heavy atom. The largest absolute Gasteiger partial charge is 0.348 e. The van der Waals surface area contributed by atoms with E-state index < -0.39 is 0 Å². The number of hydrogen-bond donors (Lipinski definition) is 1. The summed E-state index contributed by atoms with van der Waals surface area (Å²) in [6.07, 6.45) is 0. The van der Waals surface area contributed by atoms with Gasteiger partial charge in [0, 0.05) is 19.8 Å². The third kappa shape index (κ3) is 4.94. The molecule has 1 N–H and O–H groups in total. The average Bonchev–Trinajstić information content (AvgIpc) is 2.93. The zero-order chi connectivity index (χ0) is 17.0. The van der Waals surface area contributed by atoms with Crippen LogP contribution in [-0.4, -0.2) is 40.3 Å². The molecule has 0 aliphatic heterocycles. The first-order valence-corrected chi connectivity index (χ1v) is 9.14. The first kappa shape index (κ1) is 17.7. The predicted molar refractivity (Wildman–Crippen MR) is 97.7 cm³/mol. The van der Waals surface area contributed by atoms with Gasteiger partial charge >= 0.3 is 0 Å². The lowest BCUT2D eigenvalue weighted by Gasteiger charge is -2.14. The first-order valence-electron chi connectivity index (χ1n) is 7.45. The van der Waals surface area contributed by atoms with Crippen molar-refractivity contribution in [2.75, 3.05) is 19.4 Å². The molecule has 1 atom stereocenters. The van der Waals surface area contributed by atoms with Crippen LogP contribution in [0.5, 0.6) is 0 Å². The van der Waals surface area contributed by atoms with Crippen LogP contribution in [0.2, 0.25) is 0 Å². The standard InChI is InChI=1S/C16H22N4OS2/c1-10(2)12-6-8-13(9-7-12)17-15-18-19-16(23-15)22-11(3)14(21)20(4)5/h6-11H,1-5H3,(H,17,18)/t11-/m1/s1. The number of hydrogen-bond acceptors (Lipinski definition) is 6. The summed E-state index contributed by atoms with van der Waals surface area (Å²) in [4.78, 5) is 13.5. The summed E-state index contributed by atoms with van der Waals surface area (Å²) in [6.45, 7) is 6.23. The van der Waals surface area contributed by atoms with Crippen LogP contribution in [0.25, 0.3) is 0 Å². The molecule has 5 nitrogen and oxygen atoms in total. The van der Waals surface area contributed by atoms with E-state index >= 15 is 0 Å². The first-order chi connectivity index (χ1) is 10.9. The molecule has 0 radical (unpaired) electrons. The van der Waals surface area contributed by atoms with Gasteiger partial charge in [0.2, 0.25) is 11.0 Å². The van der Waals surface area contributed by atoms with Gasteiger partial charge in [-0.25, -0.2) is 0 Å². The molecule has 1 amide bonds. The Kier molecular flexibility index (Phi) is 6.01. The molecule has 0 bridgehead atoms. The highest BCUT2D eigenvalue weighted by Crippen LogP contribution is 2.31. The molecule has 1 aromatic carbocycles. The fraction of sp³-hybridized carbons (Fsp3) is 0.438. The van der Waals surface area contributed by atoms with E-state index in [1.165, 1.54) is 28.7 Å². The van der Waals surface area contributed by atoms with E-state index in [1.807, 2.05) is 19.1 Å². The molecule has 0 saturated heterocycles. The minimum absolute atomic E-state index is 0.0731. The molecule has 124 valence electrons. The Balaban J connectivity index is 1.98. The van der Waals surface area contributed by atoms with Crippen LogP contribution in [0, 0.1) is 0 Å². The Hall–Kier alpha value is -1.60. The SMILES string of the molecule is CC(C)c1ccc(Nc2nnc(S[C@H](C)C(=O)N(C)C)s2)cc1. The van der Waals surface area contributed by atoms with Gasteiger partial charge in [-0.3, -0.25) is 4.79 Å². The third-order valence-electron chi connectivity index (χ3n) is 3.30. The fourth-order valence-electron chi connectivity index (χ4n) is 1.95. The van der Waals surface area contributed by atoms with Crippen LogP contribution in [-0.2, 0) is 4.79 Å². The second-order valence-corrected chi connectivity index (χ2v) is 8.33. The maximum atomic E-state index is 11.9. The topological polar surface area (TPSA) is 58.1 Å². The normalized spacial score (nSPS) is 12.3. The second-order valence-electron chi connectivity index (χ2n) is 5.77. The zero-order valence-electron chi connectivity index (χ0n) is 14.0. The van der Waals surface area contributed by atoms with Crippen molar-refractivity contribution in [3.63, 3.8) is 0 Å². The van der Waals surface area contributed by atoms with Crippen molar-refractivity contribution in [1.82, 2.24) is 15.1 Å². The zero-order valence-corrected chi connectivity index (χ0v) is 15.7. The third-order valence-corrected chi connectivity index (χ3v) is 5.31. The van der Waals surface area contributed by atoms with Crippen LogP contribution >= 0.6 is 23.1 Å². The molecule has 0 fully saturated rings. The summed E-state index contributed by atoms with van der Waals surface area (Å²) in [5.74, 6) is 0.591. The Bertz CT molecular complexity index is 652. The highest BCUT2D eigenvalue weighted by atomic mass is 32.2. The molecule has 1 heterocycles. The molecule has 2 aromatic rings. The van der Waals surface area contributed by atoms with Crippen LogP contribution < -0.4 is 5.32 Å². The number of carbonyl (C=O) groups is 1. The van der Waals surface area contributed by atoms with Gasteiger partial charge in [0.25, 0.3) is 0 Å². The van der Waals surface area contributed by atoms with Gasteiger partial charge in [0.15, 0.2) is 4.34 Å². The van der Waals surface area contributed by atoms with Crippen molar-refractivity contribution in [1.29, 1.82) is 0 Å². The lowest BCUT2D eigenvalue weighted by atomic mass is 10.0. The Morgan fingerprint density at radius 2 is 1.83 bits per heavy atom. The van der Waals surface area contributed by atoms with E-state index in [1.54, 1.807) is 19.0 Å². The number of benzene rings is 1. The van der Waals surface area contributed by atoms with E-state index in [9.17, 15) is 4.79 Å². The number of aromatic nitrogens is 2. The van der Waals surface area contributed by atoms with Crippen LogP contribution in [0.3, 0.4) is 0 Å². The van der Waals surface area contributed by atoms with Gasteiger partial charge in [-0.1, -0.05) is 49.1 Å². The molecule has 7 heteroatoms. The lowest BCUT2D eigenvalue weighted by molar-refractivity contribution is -0.127. The summed E-state index contributed by atoms with van der Waals surface area (Å²) >= 11 is 2.89. The molecule has 23 heavy (non-hydrogen) atoms. The molecule has 0 spiro atoms. The number of nitrogens with one attached hydrogen (secondary N) is 1. The van der Waals surface area contributed by atoms with Crippen LogP contribution in [0.1, 0.15) is 32.3 Å². The van der Waals surface area contributed by atoms with Gasteiger partial charge in [0.05, 0.1) is 5.25 Å². The highest BCUT2D eigenvalue weighted by molar-refractivity contribution is 8.02.